The largest absolute Gasteiger partial charge is 0.380 e. The average molecular weight is 225 g/mol. The second kappa shape index (κ2) is 5.64. The first-order chi connectivity index (χ1) is 7.34. The molecule has 2 nitrogen and oxygen atoms in total. The lowest BCUT2D eigenvalue weighted by atomic mass is 10.4. The molecule has 0 saturated heterocycles. The maximum atomic E-state index is 5.54. The summed E-state index contributed by atoms with van der Waals surface area (Å²) in [7, 11) is 0. The van der Waals surface area contributed by atoms with E-state index in [-0.39, 0.29) is 0 Å². The molecule has 1 aromatic heterocycles. The van der Waals surface area contributed by atoms with Crippen molar-refractivity contribution < 1.29 is 4.74 Å². The van der Waals surface area contributed by atoms with E-state index in [1.807, 2.05) is 11.3 Å². The third-order valence-corrected chi connectivity index (χ3v) is 3.57. The van der Waals surface area contributed by atoms with Crippen molar-refractivity contribution in [3.05, 3.63) is 21.9 Å². The van der Waals surface area contributed by atoms with Gasteiger partial charge >= 0.3 is 0 Å². The molecule has 1 heterocycles. The van der Waals surface area contributed by atoms with Gasteiger partial charge in [-0.05, 0) is 37.8 Å². The fourth-order valence-corrected chi connectivity index (χ4v) is 2.33. The van der Waals surface area contributed by atoms with Crippen LogP contribution in [0.4, 0.5) is 0 Å². The Labute approximate surface area is 95.6 Å². The molecule has 2 rings (SSSR count). The second-order valence-corrected chi connectivity index (χ2v) is 5.58. The van der Waals surface area contributed by atoms with Gasteiger partial charge in [0.15, 0.2) is 0 Å². The van der Waals surface area contributed by atoms with Gasteiger partial charge in [0.2, 0.25) is 0 Å². The quantitative estimate of drug-likeness (QED) is 0.720. The standard InChI is InChI=1S/C12H19NOS/c1-10-2-5-12(15-10)8-13-6-7-14-9-11-3-4-11/h2,5,11,13H,3-4,6-9H2,1H3. The lowest BCUT2D eigenvalue weighted by Gasteiger charge is -2.04. The predicted octanol–water partition coefficient (Wildman–Crippen LogP) is 2.57. The van der Waals surface area contributed by atoms with E-state index in [1.165, 1.54) is 22.6 Å². The third-order valence-electron chi connectivity index (χ3n) is 2.57. The summed E-state index contributed by atoms with van der Waals surface area (Å²) in [6.07, 6.45) is 2.75. The van der Waals surface area contributed by atoms with Crippen LogP contribution in [0.5, 0.6) is 0 Å². The van der Waals surface area contributed by atoms with E-state index in [9.17, 15) is 0 Å². The minimum atomic E-state index is 0.848. The zero-order chi connectivity index (χ0) is 10.5. The van der Waals surface area contributed by atoms with Crippen molar-refractivity contribution in [2.45, 2.75) is 26.3 Å². The highest BCUT2D eigenvalue weighted by molar-refractivity contribution is 7.11. The van der Waals surface area contributed by atoms with Gasteiger partial charge in [0.25, 0.3) is 0 Å². The minimum Gasteiger partial charge on any atom is -0.380 e. The normalized spacial score (nSPS) is 15.8. The van der Waals surface area contributed by atoms with Gasteiger partial charge in [-0.2, -0.15) is 0 Å². The van der Waals surface area contributed by atoms with Crippen LogP contribution >= 0.6 is 11.3 Å². The first-order valence-corrected chi connectivity index (χ1v) is 6.50. The van der Waals surface area contributed by atoms with E-state index in [2.05, 4.69) is 24.4 Å². The molecule has 0 unspecified atom stereocenters. The van der Waals surface area contributed by atoms with Crippen LogP contribution in [0.25, 0.3) is 0 Å². The zero-order valence-corrected chi connectivity index (χ0v) is 10.1. The molecule has 1 aliphatic rings. The summed E-state index contributed by atoms with van der Waals surface area (Å²) in [5, 5.41) is 3.39. The number of ether oxygens (including phenoxy) is 1. The number of rotatable bonds is 7. The first-order valence-electron chi connectivity index (χ1n) is 5.68. The molecule has 1 saturated carbocycles. The van der Waals surface area contributed by atoms with Crippen molar-refractivity contribution in [2.75, 3.05) is 19.8 Å². The Morgan fingerprint density at radius 1 is 1.47 bits per heavy atom. The Kier molecular flexibility index (Phi) is 4.18. The summed E-state index contributed by atoms with van der Waals surface area (Å²) in [6, 6.07) is 4.36. The molecule has 0 amide bonds. The van der Waals surface area contributed by atoms with E-state index in [0.717, 1.165) is 32.2 Å². The third kappa shape index (κ3) is 4.33. The van der Waals surface area contributed by atoms with Gasteiger partial charge in [0.1, 0.15) is 0 Å². The highest BCUT2D eigenvalue weighted by Crippen LogP contribution is 2.28. The van der Waals surface area contributed by atoms with Crippen LogP contribution < -0.4 is 5.32 Å². The molecule has 1 N–H and O–H groups in total. The maximum Gasteiger partial charge on any atom is 0.0591 e. The molecule has 1 fully saturated rings. The summed E-state index contributed by atoms with van der Waals surface area (Å²) in [5.74, 6) is 0.880. The molecule has 0 spiro atoms. The highest BCUT2D eigenvalue weighted by atomic mass is 32.1. The van der Waals surface area contributed by atoms with Crippen molar-refractivity contribution >= 4 is 11.3 Å². The Morgan fingerprint density at radius 3 is 3.00 bits per heavy atom. The Bertz CT molecular complexity index is 294. The van der Waals surface area contributed by atoms with Gasteiger partial charge < -0.3 is 10.1 Å². The second-order valence-electron chi connectivity index (χ2n) is 4.21. The van der Waals surface area contributed by atoms with Crippen molar-refractivity contribution in [2.24, 2.45) is 5.92 Å². The van der Waals surface area contributed by atoms with E-state index in [0.29, 0.717) is 0 Å². The van der Waals surface area contributed by atoms with Crippen LogP contribution in [0.15, 0.2) is 12.1 Å². The zero-order valence-electron chi connectivity index (χ0n) is 9.29. The lowest BCUT2D eigenvalue weighted by molar-refractivity contribution is 0.126. The number of thiophene rings is 1. The van der Waals surface area contributed by atoms with Gasteiger partial charge in [0.05, 0.1) is 6.61 Å². The lowest BCUT2D eigenvalue weighted by Crippen LogP contribution is -2.19. The molecule has 0 bridgehead atoms. The van der Waals surface area contributed by atoms with Crippen molar-refractivity contribution in [1.82, 2.24) is 5.32 Å². The number of nitrogens with one attached hydrogen (secondary N) is 1. The molecule has 1 aliphatic carbocycles. The monoisotopic (exact) mass is 225 g/mol. The van der Waals surface area contributed by atoms with Crippen LogP contribution in [0.1, 0.15) is 22.6 Å². The van der Waals surface area contributed by atoms with E-state index in [4.69, 9.17) is 4.74 Å². The van der Waals surface area contributed by atoms with Gasteiger partial charge in [-0.3, -0.25) is 0 Å². The molecule has 84 valence electrons. The molecule has 0 radical (unpaired) electrons. The highest BCUT2D eigenvalue weighted by Gasteiger charge is 2.20. The van der Waals surface area contributed by atoms with E-state index >= 15 is 0 Å². The fourth-order valence-electron chi connectivity index (χ4n) is 1.47. The van der Waals surface area contributed by atoms with Gasteiger partial charge in [-0.1, -0.05) is 0 Å². The molecular weight excluding hydrogens is 206 g/mol. The Balaban J connectivity index is 1.47. The topological polar surface area (TPSA) is 21.3 Å². The number of hydrogen-bond acceptors (Lipinski definition) is 3. The van der Waals surface area contributed by atoms with Crippen LogP contribution in [-0.4, -0.2) is 19.8 Å². The summed E-state index contributed by atoms with van der Waals surface area (Å²) >= 11 is 1.86. The van der Waals surface area contributed by atoms with Crippen molar-refractivity contribution in [3.8, 4) is 0 Å². The van der Waals surface area contributed by atoms with Gasteiger partial charge in [0, 0.05) is 29.5 Å². The summed E-state index contributed by atoms with van der Waals surface area (Å²) in [6.45, 7) is 5.91. The van der Waals surface area contributed by atoms with Crippen LogP contribution in [0.3, 0.4) is 0 Å². The van der Waals surface area contributed by atoms with E-state index < -0.39 is 0 Å². The fraction of sp³-hybridized carbons (Fsp3) is 0.667. The molecule has 3 heteroatoms. The molecule has 0 aliphatic heterocycles. The summed E-state index contributed by atoms with van der Waals surface area (Å²) in [4.78, 5) is 2.80. The summed E-state index contributed by atoms with van der Waals surface area (Å²) in [5.41, 5.74) is 0. The molecular formula is C12H19NOS. The van der Waals surface area contributed by atoms with Crippen LogP contribution in [0, 0.1) is 12.8 Å². The van der Waals surface area contributed by atoms with Crippen molar-refractivity contribution in [1.29, 1.82) is 0 Å². The molecule has 0 atom stereocenters. The minimum absolute atomic E-state index is 0.848. The number of aryl methyl sites for hydroxylation is 1. The van der Waals surface area contributed by atoms with Crippen LogP contribution in [0.2, 0.25) is 0 Å². The van der Waals surface area contributed by atoms with Gasteiger partial charge in [-0.15, -0.1) is 11.3 Å². The first kappa shape index (κ1) is 11.1. The SMILES string of the molecule is Cc1ccc(CNCCOCC2CC2)s1. The Hall–Kier alpha value is -0.380. The summed E-state index contributed by atoms with van der Waals surface area (Å²) < 4.78 is 5.54. The predicted molar refractivity (Wildman–Crippen MR) is 64.3 cm³/mol. The molecule has 15 heavy (non-hydrogen) atoms. The molecule has 0 aromatic carbocycles. The molecule has 1 aromatic rings. The van der Waals surface area contributed by atoms with Crippen molar-refractivity contribution in [3.63, 3.8) is 0 Å². The smallest absolute Gasteiger partial charge is 0.0591 e. The number of hydrogen-bond donors (Lipinski definition) is 1. The van der Waals surface area contributed by atoms with E-state index in [1.54, 1.807) is 0 Å². The Morgan fingerprint density at radius 2 is 2.33 bits per heavy atom. The average Bonchev–Trinajstić information content (AvgIpc) is 2.95. The van der Waals surface area contributed by atoms with Crippen LogP contribution in [-0.2, 0) is 11.3 Å². The maximum absolute atomic E-state index is 5.54. The van der Waals surface area contributed by atoms with Gasteiger partial charge in [-0.25, -0.2) is 0 Å².